The van der Waals surface area contributed by atoms with Gasteiger partial charge in [0.15, 0.2) is 0 Å². The number of halogens is 1. The van der Waals surface area contributed by atoms with E-state index in [1.807, 2.05) is 18.2 Å². The highest BCUT2D eigenvalue weighted by Crippen LogP contribution is 2.26. The Morgan fingerprint density at radius 3 is 2.76 bits per heavy atom. The Bertz CT molecular complexity index is 411. The number of amides is 1. The third-order valence-corrected chi connectivity index (χ3v) is 3.37. The van der Waals surface area contributed by atoms with Crippen LogP contribution >= 0.6 is 23.4 Å². The number of thioether (sulfide) groups is 1. The second-order valence-corrected chi connectivity index (χ2v) is 4.50. The second kappa shape index (κ2) is 7.19. The van der Waals surface area contributed by atoms with Crippen LogP contribution in [-0.2, 0) is 14.3 Å². The first-order valence-corrected chi connectivity index (χ1v) is 6.20. The predicted molar refractivity (Wildman–Crippen MR) is 67.2 cm³/mol. The van der Waals surface area contributed by atoms with Crippen LogP contribution < -0.4 is 5.32 Å². The van der Waals surface area contributed by atoms with Gasteiger partial charge in [0.1, 0.15) is 6.54 Å². The van der Waals surface area contributed by atoms with Gasteiger partial charge in [-0.3, -0.25) is 9.59 Å². The maximum absolute atomic E-state index is 11.4. The molecule has 1 aromatic rings. The van der Waals surface area contributed by atoms with E-state index >= 15 is 0 Å². The molecule has 0 atom stereocenters. The molecule has 0 spiro atoms. The number of hydrogen-bond acceptors (Lipinski definition) is 4. The summed E-state index contributed by atoms with van der Waals surface area (Å²) >= 11 is 7.25. The van der Waals surface area contributed by atoms with Gasteiger partial charge in [-0.25, -0.2) is 0 Å². The summed E-state index contributed by atoms with van der Waals surface area (Å²) in [6.07, 6.45) is 0. The molecular formula is C11H12ClNO3S. The van der Waals surface area contributed by atoms with Crippen molar-refractivity contribution < 1.29 is 14.3 Å². The largest absolute Gasteiger partial charge is 0.468 e. The number of ether oxygens (including phenoxy) is 1. The molecule has 0 fully saturated rings. The third kappa shape index (κ3) is 5.10. The van der Waals surface area contributed by atoms with Crippen molar-refractivity contribution in [3.8, 4) is 0 Å². The molecule has 17 heavy (non-hydrogen) atoms. The summed E-state index contributed by atoms with van der Waals surface area (Å²) in [6, 6.07) is 7.26. The molecule has 1 amide bonds. The molecule has 0 aliphatic heterocycles. The normalized spacial score (nSPS) is 9.76. The molecule has 1 rings (SSSR count). The van der Waals surface area contributed by atoms with Crippen LogP contribution in [0.5, 0.6) is 0 Å². The van der Waals surface area contributed by atoms with Crippen LogP contribution in [0.15, 0.2) is 29.2 Å². The summed E-state index contributed by atoms with van der Waals surface area (Å²) in [5.74, 6) is -0.498. The van der Waals surface area contributed by atoms with Gasteiger partial charge in [-0.1, -0.05) is 23.7 Å². The predicted octanol–water partition coefficient (Wildman–Crippen LogP) is 1.72. The fourth-order valence-electron chi connectivity index (χ4n) is 0.999. The fraction of sp³-hybridized carbons (Fsp3) is 0.273. The van der Waals surface area contributed by atoms with Gasteiger partial charge in [-0.15, -0.1) is 11.8 Å². The van der Waals surface area contributed by atoms with Crippen LogP contribution in [0.25, 0.3) is 0 Å². The zero-order chi connectivity index (χ0) is 12.7. The lowest BCUT2D eigenvalue weighted by molar-refractivity contribution is -0.140. The molecular weight excluding hydrogens is 262 g/mol. The molecule has 0 aliphatic rings. The minimum atomic E-state index is -0.471. The Hall–Kier alpha value is -1.20. The smallest absolute Gasteiger partial charge is 0.325 e. The second-order valence-electron chi connectivity index (χ2n) is 3.07. The van der Waals surface area contributed by atoms with Crippen molar-refractivity contribution in [3.63, 3.8) is 0 Å². The highest BCUT2D eigenvalue weighted by molar-refractivity contribution is 8.00. The van der Waals surface area contributed by atoms with E-state index in [0.717, 1.165) is 4.90 Å². The number of carbonyl (C=O) groups excluding carboxylic acids is 2. The standard InChI is InChI=1S/C11H12ClNO3S/c1-16-11(15)6-13-10(14)7-17-9-5-3-2-4-8(9)12/h2-5H,6-7H2,1H3,(H,13,14). The molecule has 0 bridgehead atoms. The van der Waals surface area contributed by atoms with Crippen molar-refractivity contribution in [3.05, 3.63) is 29.3 Å². The van der Waals surface area contributed by atoms with Gasteiger partial charge in [0.2, 0.25) is 5.91 Å². The zero-order valence-electron chi connectivity index (χ0n) is 9.23. The van der Waals surface area contributed by atoms with Crippen molar-refractivity contribution in [2.45, 2.75) is 4.90 Å². The molecule has 0 aliphatic carbocycles. The van der Waals surface area contributed by atoms with Crippen molar-refractivity contribution >= 4 is 35.2 Å². The lowest BCUT2D eigenvalue weighted by Gasteiger charge is -2.04. The van der Waals surface area contributed by atoms with Crippen LogP contribution in [0.1, 0.15) is 0 Å². The van der Waals surface area contributed by atoms with Crippen LogP contribution in [0.4, 0.5) is 0 Å². The summed E-state index contributed by atoms with van der Waals surface area (Å²) < 4.78 is 4.40. The average molecular weight is 274 g/mol. The highest BCUT2D eigenvalue weighted by Gasteiger charge is 2.07. The van der Waals surface area contributed by atoms with Crippen molar-refractivity contribution in [2.75, 3.05) is 19.4 Å². The Morgan fingerprint density at radius 1 is 1.41 bits per heavy atom. The fourth-order valence-corrected chi connectivity index (χ4v) is 2.07. The highest BCUT2D eigenvalue weighted by atomic mass is 35.5. The summed E-state index contributed by atoms with van der Waals surface area (Å²) in [7, 11) is 1.27. The summed E-state index contributed by atoms with van der Waals surface area (Å²) in [5.41, 5.74) is 0. The van der Waals surface area contributed by atoms with Gasteiger partial charge in [0, 0.05) is 4.90 Å². The first-order chi connectivity index (χ1) is 8.13. The number of methoxy groups -OCH3 is 1. The maximum atomic E-state index is 11.4. The molecule has 0 radical (unpaired) electrons. The van der Waals surface area contributed by atoms with E-state index in [1.165, 1.54) is 18.9 Å². The molecule has 92 valence electrons. The van der Waals surface area contributed by atoms with Gasteiger partial charge in [0.05, 0.1) is 17.9 Å². The van der Waals surface area contributed by atoms with Crippen LogP contribution in [-0.4, -0.2) is 31.3 Å². The monoisotopic (exact) mass is 273 g/mol. The van der Waals surface area contributed by atoms with Gasteiger partial charge in [-0.2, -0.15) is 0 Å². The van der Waals surface area contributed by atoms with Crippen molar-refractivity contribution in [1.29, 1.82) is 0 Å². The molecule has 0 heterocycles. The number of carbonyl (C=O) groups is 2. The third-order valence-electron chi connectivity index (χ3n) is 1.85. The number of esters is 1. The quantitative estimate of drug-likeness (QED) is 0.656. The van der Waals surface area contributed by atoms with Gasteiger partial charge >= 0.3 is 5.97 Å². The molecule has 1 aromatic carbocycles. The SMILES string of the molecule is COC(=O)CNC(=O)CSc1ccccc1Cl. The lowest BCUT2D eigenvalue weighted by Crippen LogP contribution is -2.31. The molecule has 1 N–H and O–H groups in total. The molecule has 0 saturated carbocycles. The van der Waals surface area contributed by atoms with Crippen molar-refractivity contribution in [1.82, 2.24) is 5.32 Å². The summed E-state index contributed by atoms with van der Waals surface area (Å²) in [5, 5.41) is 3.06. The number of benzene rings is 1. The van der Waals surface area contributed by atoms with Gasteiger partial charge in [-0.05, 0) is 12.1 Å². The summed E-state index contributed by atoms with van der Waals surface area (Å²) in [4.78, 5) is 23.0. The van der Waals surface area contributed by atoms with E-state index in [-0.39, 0.29) is 18.2 Å². The van der Waals surface area contributed by atoms with E-state index in [1.54, 1.807) is 6.07 Å². The van der Waals surface area contributed by atoms with E-state index in [2.05, 4.69) is 10.1 Å². The lowest BCUT2D eigenvalue weighted by atomic mass is 10.4. The Balaban J connectivity index is 2.34. The number of rotatable bonds is 5. The molecule has 6 heteroatoms. The zero-order valence-corrected chi connectivity index (χ0v) is 10.8. The Kier molecular flexibility index (Phi) is 5.86. The Labute approximate surface area is 109 Å². The first-order valence-electron chi connectivity index (χ1n) is 4.84. The summed E-state index contributed by atoms with van der Waals surface area (Å²) in [6.45, 7) is -0.113. The maximum Gasteiger partial charge on any atom is 0.325 e. The minimum absolute atomic E-state index is 0.113. The average Bonchev–Trinajstić information content (AvgIpc) is 2.35. The number of hydrogen-bond donors (Lipinski definition) is 1. The van der Waals surface area contributed by atoms with Crippen LogP contribution in [0.2, 0.25) is 5.02 Å². The van der Waals surface area contributed by atoms with E-state index in [4.69, 9.17) is 11.6 Å². The van der Waals surface area contributed by atoms with Crippen LogP contribution in [0, 0.1) is 0 Å². The topological polar surface area (TPSA) is 55.4 Å². The van der Waals surface area contributed by atoms with E-state index in [0.29, 0.717) is 5.02 Å². The van der Waals surface area contributed by atoms with E-state index in [9.17, 15) is 9.59 Å². The molecule has 0 aromatic heterocycles. The first kappa shape index (κ1) is 13.9. The van der Waals surface area contributed by atoms with Crippen molar-refractivity contribution in [2.24, 2.45) is 0 Å². The van der Waals surface area contributed by atoms with Crippen LogP contribution in [0.3, 0.4) is 0 Å². The molecule has 0 unspecified atom stereocenters. The molecule has 0 saturated heterocycles. The minimum Gasteiger partial charge on any atom is -0.468 e. The van der Waals surface area contributed by atoms with Gasteiger partial charge < -0.3 is 10.1 Å². The van der Waals surface area contributed by atoms with Gasteiger partial charge in [0.25, 0.3) is 0 Å². The molecule has 4 nitrogen and oxygen atoms in total. The Morgan fingerprint density at radius 2 is 2.12 bits per heavy atom. The van der Waals surface area contributed by atoms with E-state index < -0.39 is 5.97 Å². The number of nitrogens with one attached hydrogen (secondary N) is 1.